The van der Waals surface area contributed by atoms with Crippen LogP contribution in [0.2, 0.25) is 0 Å². The van der Waals surface area contributed by atoms with E-state index in [1.807, 2.05) is 0 Å². The number of rotatable bonds is 2. The molecule has 0 radical (unpaired) electrons. The highest BCUT2D eigenvalue weighted by Gasteiger charge is 2.42. The molecule has 1 saturated heterocycles. The van der Waals surface area contributed by atoms with Crippen molar-refractivity contribution in [2.75, 3.05) is 13.1 Å². The summed E-state index contributed by atoms with van der Waals surface area (Å²) < 4.78 is 0. The van der Waals surface area contributed by atoms with Gasteiger partial charge in [-0.25, -0.2) is 0 Å². The number of aryl methyl sites for hydroxylation is 1. The molecule has 1 aliphatic heterocycles. The van der Waals surface area contributed by atoms with Gasteiger partial charge in [0, 0.05) is 25.6 Å². The molecule has 1 N–H and O–H groups in total. The molecule has 2 aliphatic rings. The number of nitrogens with zero attached hydrogens (tertiary/aromatic N) is 1. The van der Waals surface area contributed by atoms with Gasteiger partial charge >= 0.3 is 0 Å². The quantitative estimate of drug-likeness (QED) is 0.882. The Morgan fingerprint density at radius 3 is 2.95 bits per heavy atom. The number of hydrogen-bond donors (Lipinski definition) is 1. The maximum Gasteiger partial charge on any atom is 0.0700 e. The van der Waals surface area contributed by atoms with Gasteiger partial charge in [0.05, 0.1) is 5.60 Å². The molecule has 2 unspecified atom stereocenters. The minimum Gasteiger partial charge on any atom is -0.390 e. The summed E-state index contributed by atoms with van der Waals surface area (Å²) in [5.41, 5.74) is 2.47. The molecule has 1 aromatic rings. The summed E-state index contributed by atoms with van der Waals surface area (Å²) in [7, 11) is 0. The van der Waals surface area contributed by atoms with Crippen LogP contribution in [0.1, 0.15) is 43.2 Å². The van der Waals surface area contributed by atoms with Gasteiger partial charge in [-0.2, -0.15) is 0 Å². The largest absolute Gasteiger partial charge is 0.390 e. The zero-order valence-electron chi connectivity index (χ0n) is 11.9. The number of likely N-dealkylation sites (tertiary alicyclic amines) is 1. The number of benzene rings is 1. The second-order valence-electron chi connectivity index (χ2n) is 6.46. The summed E-state index contributed by atoms with van der Waals surface area (Å²) in [5.74, 6) is 0.499. The van der Waals surface area contributed by atoms with Gasteiger partial charge in [0.1, 0.15) is 0 Å². The van der Waals surface area contributed by atoms with E-state index in [1.54, 1.807) is 0 Å². The van der Waals surface area contributed by atoms with E-state index < -0.39 is 0 Å². The van der Waals surface area contributed by atoms with Crippen molar-refractivity contribution in [3.63, 3.8) is 0 Å². The number of hydrogen-bond acceptors (Lipinski definition) is 2. The minimum atomic E-state index is -0.347. The van der Waals surface area contributed by atoms with Crippen molar-refractivity contribution in [3.8, 4) is 0 Å². The molecule has 0 aromatic heterocycles. The fourth-order valence-electron chi connectivity index (χ4n) is 3.81. The standard InChI is InChI=1S/C17H25NO/c1-14-6-2-3-7-15(14)12-18-11-10-17(19)9-5-4-8-16(17)13-18/h2-3,6-7,16,19H,4-5,8-13H2,1H3. The van der Waals surface area contributed by atoms with Crippen molar-refractivity contribution in [1.82, 2.24) is 4.90 Å². The first-order valence-corrected chi connectivity index (χ1v) is 7.67. The van der Waals surface area contributed by atoms with Gasteiger partial charge in [-0.1, -0.05) is 37.1 Å². The maximum atomic E-state index is 10.7. The first-order valence-electron chi connectivity index (χ1n) is 7.67. The molecule has 104 valence electrons. The molecule has 1 aromatic carbocycles. The van der Waals surface area contributed by atoms with Crippen LogP contribution < -0.4 is 0 Å². The van der Waals surface area contributed by atoms with Gasteiger partial charge in [0.25, 0.3) is 0 Å². The Morgan fingerprint density at radius 1 is 1.26 bits per heavy atom. The Labute approximate surface area is 116 Å². The van der Waals surface area contributed by atoms with Crippen molar-refractivity contribution < 1.29 is 5.11 Å². The van der Waals surface area contributed by atoms with Crippen molar-refractivity contribution >= 4 is 0 Å². The molecule has 2 heteroatoms. The van der Waals surface area contributed by atoms with E-state index in [2.05, 4.69) is 36.1 Å². The van der Waals surface area contributed by atoms with Crippen LogP contribution in [0.5, 0.6) is 0 Å². The summed E-state index contributed by atoms with van der Waals surface area (Å²) >= 11 is 0. The zero-order valence-corrected chi connectivity index (χ0v) is 11.9. The lowest BCUT2D eigenvalue weighted by molar-refractivity contribution is -0.0968. The Bertz CT molecular complexity index is 445. The van der Waals surface area contributed by atoms with E-state index in [0.29, 0.717) is 5.92 Å². The van der Waals surface area contributed by atoms with Crippen molar-refractivity contribution in [3.05, 3.63) is 35.4 Å². The van der Waals surface area contributed by atoms with E-state index >= 15 is 0 Å². The summed E-state index contributed by atoms with van der Waals surface area (Å²) in [6, 6.07) is 8.66. The predicted molar refractivity (Wildman–Crippen MR) is 78.0 cm³/mol. The Hall–Kier alpha value is -0.860. The lowest BCUT2D eigenvalue weighted by Crippen LogP contribution is -2.52. The van der Waals surface area contributed by atoms with Crippen LogP contribution in [0, 0.1) is 12.8 Å². The van der Waals surface area contributed by atoms with Gasteiger partial charge in [-0.05, 0) is 37.3 Å². The van der Waals surface area contributed by atoms with E-state index in [9.17, 15) is 5.11 Å². The van der Waals surface area contributed by atoms with E-state index in [-0.39, 0.29) is 5.60 Å². The van der Waals surface area contributed by atoms with Crippen LogP contribution in [-0.2, 0) is 6.54 Å². The van der Waals surface area contributed by atoms with Crippen LogP contribution in [0.25, 0.3) is 0 Å². The fourth-order valence-corrected chi connectivity index (χ4v) is 3.81. The monoisotopic (exact) mass is 259 g/mol. The highest BCUT2D eigenvalue weighted by Crippen LogP contribution is 2.40. The Morgan fingerprint density at radius 2 is 2.11 bits per heavy atom. The first kappa shape index (κ1) is 13.1. The molecule has 2 nitrogen and oxygen atoms in total. The topological polar surface area (TPSA) is 23.5 Å². The molecule has 1 heterocycles. The van der Waals surface area contributed by atoms with Crippen LogP contribution in [0.15, 0.2) is 24.3 Å². The summed E-state index contributed by atoms with van der Waals surface area (Å²) in [4.78, 5) is 2.53. The molecule has 0 amide bonds. The van der Waals surface area contributed by atoms with Gasteiger partial charge in [-0.3, -0.25) is 4.90 Å². The molecule has 19 heavy (non-hydrogen) atoms. The maximum absolute atomic E-state index is 10.7. The van der Waals surface area contributed by atoms with Crippen molar-refractivity contribution in [1.29, 1.82) is 0 Å². The van der Waals surface area contributed by atoms with E-state index in [0.717, 1.165) is 32.5 Å². The number of aliphatic hydroxyl groups is 1. The normalized spacial score (nSPS) is 32.0. The highest BCUT2D eigenvalue weighted by molar-refractivity contribution is 5.25. The SMILES string of the molecule is Cc1ccccc1CN1CCC2(O)CCCCC2C1. The summed E-state index contributed by atoms with van der Waals surface area (Å²) in [5, 5.41) is 10.7. The molecule has 2 atom stereocenters. The highest BCUT2D eigenvalue weighted by atomic mass is 16.3. The second-order valence-corrected chi connectivity index (χ2v) is 6.46. The molecule has 3 rings (SSSR count). The molecule has 2 fully saturated rings. The van der Waals surface area contributed by atoms with Crippen LogP contribution in [0.4, 0.5) is 0 Å². The Kier molecular flexibility index (Phi) is 3.64. The fraction of sp³-hybridized carbons (Fsp3) is 0.647. The average molecular weight is 259 g/mol. The molecular weight excluding hydrogens is 234 g/mol. The third-order valence-electron chi connectivity index (χ3n) is 5.17. The minimum absolute atomic E-state index is 0.347. The van der Waals surface area contributed by atoms with Gasteiger partial charge in [0.15, 0.2) is 0 Å². The van der Waals surface area contributed by atoms with Crippen molar-refractivity contribution in [2.45, 2.75) is 51.2 Å². The smallest absolute Gasteiger partial charge is 0.0700 e. The molecule has 1 saturated carbocycles. The number of piperidine rings is 1. The van der Waals surface area contributed by atoms with Crippen molar-refractivity contribution in [2.24, 2.45) is 5.92 Å². The third kappa shape index (κ3) is 2.70. The lowest BCUT2D eigenvalue weighted by Gasteiger charge is -2.47. The number of fused-ring (bicyclic) bond motifs is 1. The van der Waals surface area contributed by atoms with Crippen LogP contribution in [0.3, 0.4) is 0 Å². The summed E-state index contributed by atoms with van der Waals surface area (Å²) in [6.07, 6.45) is 5.70. The molecule has 0 spiro atoms. The summed E-state index contributed by atoms with van der Waals surface area (Å²) in [6.45, 7) is 5.35. The van der Waals surface area contributed by atoms with Gasteiger partial charge in [-0.15, -0.1) is 0 Å². The average Bonchev–Trinajstić information content (AvgIpc) is 2.41. The van der Waals surface area contributed by atoms with E-state index in [1.165, 1.54) is 30.4 Å². The first-order chi connectivity index (χ1) is 9.17. The molecular formula is C17H25NO. The van der Waals surface area contributed by atoms with Gasteiger partial charge in [0.2, 0.25) is 0 Å². The molecule has 0 bridgehead atoms. The predicted octanol–water partition coefficient (Wildman–Crippen LogP) is 3.12. The van der Waals surface area contributed by atoms with Gasteiger partial charge < -0.3 is 5.11 Å². The molecule has 1 aliphatic carbocycles. The Balaban J connectivity index is 1.67. The van der Waals surface area contributed by atoms with Crippen LogP contribution >= 0.6 is 0 Å². The second kappa shape index (κ2) is 5.26. The van der Waals surface area contributed by atoms with Crippen LogP contribution in [-0.4, -0.2) is 28.7 Å². The van der Waals surface area contributed by atoms with E-state index in [4.69, 9.17) is 0 Å². The zero-order chi connectivity index (χ0) is 13.3. The third-order valence-corrected chi connectivity index (χ3v) is 5.17. The lowest BCUT2D eigenvalue weighted by atomic mass is 9.71.